The molecule has 3 nitrogen and oxygen atoms in total. The molecular formula is C10H10Cl3N3. The van der Waals surface area contributed by atoms with Crippen LogP contribution in [0, 0.1) is 12.3 Å². The number of benzene rings is 1. The van der Waals surface area contributed by atoms with Gasteiger partial charge in [0.15, 0.2) is 11.7 Å². The van der Waals surface area contributed by atoms with Gasteiger partial charge in [-0.25, -0.2) is 4.99 Å². The first kappa shape index (κ1) is 13.3. The van der Waals surface area contributed by atoms with Crippen LogP contribution in [0.15, 0.2) is 29.3 Å². The highest BCUT2D eigenvalue weighted by Crippen LogP contribution is 2.26. The monoisotopic (exact) mass is 277 g/mol. The second kappa shape index (κ2) is 5.04. The Hall–Kier alpha value is -0.770. The van der Waals surface area contributed by atoms with Gasteiger partial charge in [-0.05, 0) is 6.92 Å². The Morgan fingerprint density at radius 3 is 2.19 bits per heavy atom. The highest BCUT2D eigenvalue weighted by Gasteiger charge is 2.25. The smallest absolute Gasteiger partial charge is 0.247 e. The van der Waals surface area contributed by atoms with Gasteiger partial charge in [0.25, 0.3) is 0 Å². The average molecular weight is 279 g/mol. The molecule has 16 heavy (non-hydrogen) atoms. The van der Waals surface area contributed by atoms with E-state index in [-0.39, 0.29) is 11.7 Å². The number of hydrogen-bond acceptors (Lipinski definition) is 1. The average Bonchev–Trinajstić information content (AvgIpc) is 2.17. The summed E-state index contributed by atoms with van der Waals surface area (Å²) in [5, 5.41) is 7.67. The summed E-state index contributed by atoms with van der Waals surface area (Å²) in [5.74, 6) is -0.257. The van der Waals surface area contributed by atoms with E-state index in [1.807, 2.05) is 19.1 Å². The van der Waals surface area contributed by atoms with Gasteiger partial charge >= 0.3 is 0 Å². The van der Waals surface area contributed by atoms with E-state index in [1.165, 1.54) is 0 Å². The summed E-state index contributed by atoms with van der Waals surface area (Å²) < 4.78 is -1.78. The Kier molecular flexibility index (Phi) is 4.19. The molecule has 0 saturated heterocycles. The van der Waals surface area contributed by atoms with Crippen LogP contribution >= 0.6 is 34.8 Å². The summed E-state index contributed by atoms with van der Waals surface area (Å²) >= 11 is 16.6. The third-order valence-corrected chi connectivity index (χ3v) is 2.43. The summed E-state index contributed by atoms with van der Waals surface area (Å²) in [4.78, 5) is 3.73. The van der Waals surface area contributed by atoms with Crippen molar-refractivity contribution in [3.8, 4) is 0 Å². The summed E-state index contributed by atoms with van der Waals surface area (Å²) in [7, 11) is 0. The van der Waals surface area contributed by atoms with Crippen LogP contribution < -0.4 is 5.73 Å². The molecule has 0 spiro atoms. The number of rotatable bonds is 1. The number of halogens is 3. The molecule has 0 aliphatic carbocycles. The first-order valence-corrected chi connectivity index (χ1v) is 5.51. The highest BCUT2D eigenvalue weighted by atomic mass is 35.6. The van der Waals surface area contributed by atoms with Gasteiger partial charge in [-0.3, -0.25) is 5.41 Å². The molecule has 1 aromatic rings. The molecule has 0 amide bonds. The lowest BCUT2D eigenvalue weighted by Crippen LogP contribution is -2.29. The topological polar surface area (TPSA) is 62.2 Å². The van der Waals surface area contributed by atoms with E-state index in [2.05, 4.69) is 4.99 Å². The highest BCUT2D eigenvalue weighted by molar-refractivity contribution is 6.76. The van der Waals surface area contributed by atoms with Gasteiger partial charge in [0.2, 0.25) is 3.79 Å². The lowest BCUT2D eigenvalue weighted by molar-refractivity contribution is 1.35. The molecular weight excluding hydrogens is 268 g/mol. The van der Waals surface area contributed by atoms with Crippen molar-refractivity contribution in [2.24, 2.45) is 10.7 Å². The molecule has 1 aromatic carbocycles. The predicted molar refractivity (Wildman–Crippen MR) is 69.9 cm³/mol. The van der Waals surface area contributed by atoms with E-state index in [0.717, 1.165) is 5.56 Å². The largest absolute Gasteiger partial charge is 0.383 e. The van der Waals surface area contributed by atoms with Crippen molar-refractivity contribution in [1.29, 1.82) is 5.41 Å². The minimum absolute atomic E-state index is 0.0381. The molecule has 0 heterocycles. The maximum absolute atomic E-state index is 7.67. The van der Waals surface area contributed by atoms with Crippen molar-refractivity contribution in [2.75, 3.05) is 0 Å². The molecule has 0 unspecified atom stereocenters. The van der Waals surface area contributed by atoms with E-state index in [4.69, 9.17) is 45.9 Å². The van der Waals surface area contributed by atoms with Crippen LogP contribution in [-0.4, -0.2) is 15.5 Å². The maximum Gasteiger partial charge on any atom is 0.247 e. The second-order valence-electron chi connectivity index (χ2n) is 3.21. The van der Waals surface area contributed by atoms with E-state index in [9.17, 15) is 0 Å². The molecule has 0 fully saturated rings. The van der Waals surface area contributed by atoms with Crippen LogP contribution in [0.25, 0.3) is 0 Å². The molecule has 0 atom stereocenters. The van der Waals surface area contributed by atoms with Crippen molar-refractivity contribution in [1.82, 2.24) is 0 Å². The van der Waals surface area contributed by atoms with E-state index in [1.54, 1.807) is 12.1 Å². The number of nitrogens with one attached hydrogen (secondary N) is 1. The predicted octanol–water partition coefficient (Wildman–Crippen LogP) is 3.05. The van der Waals surface area contributed by atoms with E-state index < -0.39 is 3.79 Å². The zero-order chi connectivity index (χ0) is 12.3. The standard InChI is InChI=1S/C10H10Cl3N3/c1-6-2-4-7(5-3-6)8(14)16-9(15)10(11,12)13/h2-5H,1H3,(H3,14,15,16). The minimum Gasteiger partial charge on any atom is -0.383 e. The normalized spacial score (nSPS) is 12.6. The molecule has 0 aliphatic rings. The van der Waals surface area contributed by atoms with Crippen LogP contribution in [0.4, 0.5) is 0 Å². The molecule has 0 saturated carbocycles. The summed E-state index contributed by atoms with van der Waals surface area (Å²) in [6.07, 6.45) is 0. The van der Waals surface area contributed by atoms with Gasteiger partial charge in [-0.15, -0.1) is 0 Å². The quantitative estimate of drug-likeness (QED) is 0.463. The number of nitrogens with zero attached hydrogens (tertiary/aromatic N) is 1. The number of aliphatic imine (C=N–C) groups is 1. The fourth-order valence-electron chi connectivity index (χ4n) is 0.960. The fraction of sp³-hybridized carbons (Fsp3) is 0.200. The van der Waals surface area contributed by atoms with Crippen LogP contribution in [0.3, 0.4) is 0 Å². The van der Waals surface area contributed by atoms with Crippen LogP contribution in [0.5, 0.6) is 0 Å². The Labute approximate surface area is 109 Å². The Morgan fingerprint density at radius 1 is 1.25 bits per heavy atom. The van der Waals surface area contributed by atoms with Crippen molar-refractivity contribution in [3.05, 3.63) is 35.4 Å². The fourth-order valence-corrected chi connectivity index (χ4v) is 1.09. The molecule has 0 aromatic heterocycles. The third kappa shape index (κ3) is 3.67. The second-order valence-corrected chi connectivity index (χ2v) is 5.49. The van der Waals surface area contributed by atoms with Crippen LogP contribution in [0.2, 0.25) is 0 Å². The van der Waals surface area contributed by atoms with Gasteiger partial charge in [0.05, 0.1) is 0 Å². The Bertz CT molecular complexity index is 418. The summed E-state index contributed by atoms with van der Waals surface area (Å²) in [6.45, 7) is 1.95. The number of alkyl halides is 3. The van der Waals surface area contributed by atoms with Gasteiger partial charge in [-0.2, -0.15) is 0 Å². The van der Waals surface area contributed by atoms with Gasteiger partial charge in [0, 0.05) is 5.56 Å². The Balaban J connectivity index is 2.92. The molecule has 1 rings (SSSR count). The van der Waals surface area contributed by atoms with Crippen molar-refractivity contribution < 1.29 is 0 Å². The third-order valence-electron chi connectivity index (χ3n) is 1.85. The molecule has 3 N–H and O–H groups in total. The Morgan fingerprint density at radius 2 is 1.75 bits per heavy atom. The first-order valence-electron chi connectivity index (χ1n) is 4.37. The van der Waals surface area contributed by atoms with Crippen molar-refractivity contribution in [2.45, 2.75) is 10.7 Å². The number of amidine groups is 2. The lowest BCUT2D eigenvalue weighted by Gasteiger charge is -2.09. The molecule has 0 bridgehead atoms. The number of nitrogens with two attached hydrogens (primary N) is 1. The summed E-state index contributed by atoms with van der Waals surface area (Å²) in [5.41, 5.74) is 7.14. The number of hydrogen-bond donors (Lipinski definition) is 2. The number of aryl methyl sites for hydroxylation is 1. The van der Waals surface area contributed by atoms with Gasteiger partial charge in [0.1, 0.15) is 0 Å². The lowest BCUT2D eigenvalue weighted by atomic mass is 10.1. The van der Waals surface area contributed by atoms with Crippen LogP contribution in [-0.2, 0) is 0 Å². The molecule has 6 heteroatoms. The van der Waals surface area contributed by atoms with Gasteiger partial charge in [-0.1, -0.05) is 64.6 Å². The molecule has 0 aliphatic heterocycles. The molecule has 86 valence electrons. The zero-order valence-electron chi connectivity index (χ0n) is 8.47. The van der Waals surface area contributed by atoms with Gasteiger partial charge < -0.3 is 5.73 Å². The maximum atomic E-state index is 7.67. The SMILES string of the molecule is Cc1ccc(C(=N)N=C(N)C(Cl)(Cl)Cl)cc1. The van der Waals surface area contributed by atoms with E-state index >= 15 is 0 Å². The summed E-state index contributed by atoms with van der Waals surface area (Å²) in [6, 6.07) is 7.25. The minimum atomic E-state index is -1.78. The molecule has 0 radical (unpaired) electrons. The van der Waals surface area contributed by atoms with Crippen LogP contribution in [0.1, 0.15) is 11.1 Å². The zero-order valence-corrected chi connectivity index (χ0v) is 10.7. The van der Waals surface area contributed by atoms with E-state index in [0.29, 0.717) is 5.56 Å². The first-order chi connectivity index (χ1) is 7.30. The van der Waals surface area contributed by atoms with Crippen molar-refractivity contribution in [3.63, 3.8) is 0 Å². The van der Waals surface area contributed by atoms with Crippen molar-refractivity contribution >= 4 is 46.5 Å².